The van der Waals surface area contributed by atoms with Crippen molar-refractivity contribution in [1.29, 1.82) is 0 Å². The summed E-state index contributed by atoms with van der Waals surface area (Å²) in [6.07, 6.45) is 1.71. The number of carbonyl (C=O) groups excluding carboxylic acids is 2. The molecule has 1 fully saturated rings. The average Bonchev–Trinajstić information content (AvgIpc) is 2.87. The van der Waals surface area contributed by atoms with Crippen LogP contribution in [0.2, 0.25) is 10.0 Å². The molecule has 4 rings (SSSR count). The van der Waals surface area contributed by atoms with E-state index in [0.717, 1.165) is 16.5 Å². The first-order chi connectivity index (χ1) is 11.5. The van der Waals surface area contributed by atoms with Crippen LogP contribution in [0.3, 0.4) is 0 Å². The molecule has 0 aliphatic carbocycles. The van der Waals surface area contributed by atoms with Crippen LogP contribution in [0.1, 0.15) is 30.1 Å². The Kier molecular flexibility index (Phi) is 3.37. The largest absolute Gasteiger partial charge is 0.495 e. The third-order valence-corrected chi connectivity index (χ3v) is 5.56. The van der Waals surface area contributed by atoms with Crippen LogP contribution in [0.15, 0.2) is 12.3 Å². The molecule has 1 N–H and O–H groups in total. The third kappa shape index (κ3) is 1.87. The Morgan fingerprint density at radius 2 is 2.08 bits per heavy atom. The fraction of sp³-hybridized carbons (Fsp3) is 0.312. The molecule has 24 heavy (non-hydrogen) atoms. The number of amides is 2. The van der Waals surface area contributed by atoms with Gasteiger partial charge in [-0.05, 0) is 18.6 Å². The summed E-state index contributed by atoms with van der Waals surface area (Å²) in [7, 11) is 1.51. The van der Waals surface area contributed by atoms with E-state index in [9.17, 15) is 9.59 Å². The van der Waals surface area contributed by atoms with Crippen molar-refractivity contribution < 1.29 is 14.3 Å². The van der Waals surface area contributed by atoms with Crippen molar-refractivity contribution >= 4 is 45.9 Å². The molecule has 0 spiro atoms. The molecule has 0 saturated carbocycles. The molecule has 6 nitrogen and oxygen atoms in total. The van der Waals surface area contributed by atoms with Gasteiger partial charge in [0.05, 0.1) is 29.7 Å². The number of methoxy groups -OCH3 is 1. The Hall–Kier alpha value is -2.05. The lowest BCUT2D eigenvalue weighted by molar-refractivity contribution is -0.151. The van der Waals surface area contributed by atoms with E-state index in [1.165, 1.54) is 7.11 Å². The second-order valence-electron chi connectivity index (χ2n) is 5.84. The van der Waals surface area contributed by atoms with Crippen molar-refractivity contribution in [3.05, 3.63) is 33.4 Å². The standard InChI is InChI=1S/C16H13Cl2N3O3/c1-6-11-7-3-10(24-2)12(17)13(18)14(7)19-4-8(11)9-5-20-15(22)16(23)21(6)9/h3-4,6,9H,5H2,1-2H3,(H,20,22)/t6-,9?/m0/s1. The first-order valence-electron chi connectivity index (χ1n) is 7.40. The molecule has 124 valence electrons. The van der Waals surface area contributed by atoms with Gasteiger partial charge < -0.3 is 15.0 Å². The van der Waals surface area contributed by atoms with E-state index in [1.54, 1.807) is 17.2 Å². The molecule has 1 aromatic heterocycles. The minimum atomic E-state index is -0.582. The van der Waals surface area contributed by atoms with Gasteiger partial charge in [-0.1, -0.05) is 23.2 Å². The van der Waals surface area contributed by atoms with Crippen LogP contribution < -0.4 is 10.1 Å². The minimum absolute atomic E-state index is 0.224. The lowest BCUT2D eigenvalue weighted by Crippen LogP contribution is -2.51. The zero-order valence-electron chi connectivity index (χ0n) is 12.9. The predicted molar refractivity (Wildman–Crippen MR) is 89.3 cm³/mol. The summed E-state index contributed by atoms with van der Waals surface area (Å²) in [4.78, 5) is 30.0. The number of ether oxygens (including phenoxy) is 1. The number of nitrogens with zero attached hydrogens (tertiary/aromatic N) is 2. The highest BCUT2D eigenvalue weighted by molar-refractivity contribution is 6.46. The van der Waals surface area contributed by atoms with Crippen LogP contribution in [0.5, 0.6) is 5.75 Å². The highest BCUT2D eigenvalue weighted by atomic mass is 35.5. The molecule has 3 heterocycles. The number of nitrogens with one attached hydrogen (secondary N) is 1. The number of piperazine rings is 1. The Labute approximate surface area is 147 Å². The van der Waals surface area contributed by atoms with Crippen LogP contribution in [-0.2, 0) is 9.59 Å². The number of halogens is 2. The second-order valence-corrected chi connectivity index (χ2v) is 6.60. The van der Waals surface area contributed by atoms with Gasteiger partial charge in [-0.3, -0.25) is 14.6 Å². The zero-order valence-corrected chi connectivity index (χ0v) is 14.4. The summed E-state index contributed by atoms with van der Waals surface area (Å²) in [5, 5.41) is 4.02. The molecule has 2 atom stereocenters. The van der Waals surface area contributed by atoms with E-state index in [-0.39, 0.29) is 12.1 Å². The predicted octanol–water partition coefficient (Wildman–Crippen LogP) is 2.62. The summed E-state index contributed by atoms with van der Waals surface area (Å²) < 4.78 is 5.29. The van der Waals surface area contributed by atoms with E-state index < -0.39 is 11.8 Å². The Bertz CT molecular complexity index is 915. The van der Waals surface area contributed by atoms with Gasteiger partial charge in [0, 0.05) is 23.7 Å². The van der Waals surface area contributed by atoms with E-state index in [2.05, 4.69) is 10.3 Å². The summed E-state index contributed by atoms with van der Waals surface area (Å²) >= 11 is 12.6. The van der Waals surface area contributed by atoms with Crippen molar-refractivity contribution in [2.45, 2.75) is 19.0 Å². The average molecular weight is 366 g/mol. The normalized spacial score (nSPS) is 22.4. The molecule has 1 aromatic carbocycles. The van der Waals surface area contributed by atoms with E-state index >= 15 is 0 Å². The van der Waals surface area contributed by atoms with Crippen molar-refractivity contribution in [1.82, 2.24) is 15.2 Å². The van der Waals surface area contributed by atoms with Gasteiger partial charge in [0.2, 0.25) is 0 Å². The fourth-order valence-corrected chi connectivity index (χ4v) is 4.10. The molecule has 2 aliphatic rings. The smallest absolute Gasteiger partial charge is 0.312 e. The van der Waals surface area contributed by atoms with Gasteiger partial charge in [-0.2, -0.15) is 0 Å². The van der Waals surface area contributed by atoms with Gasteiger partial charge >= 0.3 is 11.8 Å². The number of aromatic nitrogens is 1. The molecule has 0 radical (unpaired) electrons. The Morgan fingerprint density at radius 1 is 1.33 bits per heavy atom. The highest BCUT2D eigenvalue weighted by Gasteiger charge is 2.45. The molecule has 1 unspecified atom stereocenters. The van der Waals surface area contributed by atoms with Crippen molar-refractivity contribution in [3.8, 4) is 5.75 Å². The molecule has 2 aromatic rings. The number of rotatable bonds is 1. The van der Waals surface area contributed by atoms with Crippen molar-refractivity contribution in [2.75, 3.05) is 13.7 Å². The number of hydrogen-bond donors (Lipinski definition) is 1. The number of benzene rings is 1. The van der Waals surface area contributed by atoms with Crippen LogP contribution in [0, 0.1) is 0 Å². The summed E-state index contributed by atoms with van der Waals surface area (Å²) in [6, 6.07) is 1.29. The molecular formula is C16H13Cl2N3O3. The van der Waals surface area contributed by atoms with Crippen molar-refractivity contribution in [3.63, 3.8) is 0 Å². The maximum absolute atomic E-state index is 12.3. The number of pyridine rings is 1. The van der Waals surface area contributed by atoms with E-state index in [4.69, 9.17) is 27.9 Å². The van der Waals surface area contributed by atoms with Crippen LogP contribution >= 0.6 is 23.2 Å². The van der Waals surface area contributed by atoms with Gasteiger partial charge in [-0.15, -0.1) is 0 Å². The maximum Gasteiger partial charge on any atom is 0.312 e. The Morgan fingerprint density at radius 3 is 2.79 bits per heavy atom. The fourth-order valence-electron chi connectivity index (χ4n) is 3.63. The van der Waals surface area contributed by atoms with Crippen LogP contribution in [-0.4, -0.2) is 35.4 Å². The zero-order chi connectivity index (χ0) is 17.2. The third-order valence-electron chi connectivity index (χ3n) is 4.72. The molecule has 2 amide bonds. The molecular weight excluding hydrogens is 353 g/mol. The van der Waals surface area contributed by atoms with Gasteiger partial charge in [0.15, 0.2) is 0 Å². The monoisotopic (exact) mass is 365 g/mol. The summed E-state index contributed by atoms with van der Waals surface area (Å²) in [5.74, 6) is -0.668. The van der Waals surface area contributed by atoms with Crippen LogP contribution in [0.25, 0.3) is 10.9 Å². The number of hydrogen-bond acceptors (Lipinski definition) is 4. The summed E-state index contributed by atoms with van der Waals surface area (Å²) in [6.45, 7) is 2.26. The van der Waals surface area contributed by atoms with Crippen LogP contribution in [0.4, 0.5) is 0 Å². The lowest BCUT2D eigenvalue weighted by Gasteiger charge is -2.32. The molecule has 2 aliphatic heterocycles. The summed E-state index contributed by atoms with van der Waals surface area (Å²) in [5.41, 5.74) is 2.38. The van der Waals surface area contributed by atoms with Gasteiger partial charge in [0.25, 0.3) is 0 Å². The molecule has 0 bridgehead atoms. The minimum Gasteiger partial charge on any atom is -0.495 e. The van der Waals surface area contributed by atoms with E-state index in [1.807, 2.05) is 6.92 Å². The Balaban J connectivity index is 2.00. The first kappa shape index (κ1) is 15.5. The SMILES string of the molecule is COc1cc2c3c(cnc2c(Cl)c1Cl)C1CNC(=O)C(=O)N1[C@H]3C. The second kappa shape index (κ2) is 5.22. The van der Waals surface area contributed by atoms with E-state index in [0.29, 0.717) is 27.9 Å². The first-order valence-corrected chi connectivity index (χ1v) is 8.16. The highest BCUT2D eigenvalue weighted by Crippen LogP contribution is 2.48. The van der Waals surface area contributed by atoms with Gasteiger partial charge in [0.1, 0.15) is 10.8 Å². The van der Waals surface area contributed by atoms with Gasteiger partial charge in [-0.25, -0.2) is 0 Å². The number of fused-ring (bicyclic) bond motifs is 5. The molecule has 1 saturated heterocycles. The maximum atomic E-state index is 12.3. The number of carbonyl (C=O) groups is 2. The topological polar surface area (TPSA) is 71.5 Å². The van der Waals surface area contributed by atoms with Crippen molar-refractivity contribution in [2.24, 2.45) is 0 Å². The lowest BCUT2D eigenvalue weighted by atomic mass is 9.99. The molecule has 8 heteroatoms. The quantitative estimate of drug-likeness (QED) is 0.788.